The third kappa shape index (κ3) is 4.69. The van der Waals surface area contributed by atoms with E-state index in [4.69, 9.17) is 23.1 Å². The highest BCUT2D eigenvalue weighted by molar-refractivity contribution is 7.93. The van der Waals surface area contributed by atoms with Gasteiger partial charge in [0.2, 0.25) is 0 Å². The molecule has 1 saturated heterocycles. The number of anilines is 1. The number of nitrogens with zero attached hydrogens (tertiary/aromatic N) is 3. The van der Waals surface area contributed by atoms with Gasteiger partial charge in [-0.25, -0.2) is 12.7 Å². The Morgan fingerprint density at radius 3 is 2.40 bits per heavy atom. The molecular formula is C30H34N4O5S3. The number of thiol groups is 2. The minimum absolute atomic E-state index is 0.123. The maximum Gasteiger partial charge on any atom is 0.265 e. The van der Waals surface area contributed by atoms with Gasteiger partial charge in [0.15, 0.2) is 6.29 Å². The summed E-state index contributed by atoms with van der Waals surface area (Å²) in [6, 6.07) is 23.1. The molecule has 9 nitrogen and oxygen atoms in total. The van der Waals surface area contributed by atoms with E-state index in [9.17, 15) is 18.0 Å². The Labute approximate surface area is 257 Å². The summed E-state index contributed by atoms with van der Waals surface area (Å²) < 4.78 is 36.1. The second kappa shape index (κ2) is 11.6. The number of benzene rings is 3. The zero-order chi connectivity index (χ0) is 30.3. The SMILES string of the molecule is CN(C(=O)C1(S)C[C@]2(c3ccc(OCCCN)cc3)c3ccccc3N(S(=O)(=O)c3ccccc3)C2N1C)[C@@H](S)C=O. The zero-order valence-corrected chi connectivity index (χ0v) is 25.9. The van der Waals surface area contributed by atoms with E-state index >= 15 is 0 Å². The summed E-state index contributed by atoms with van der Waals surface area (Å²) in [5.74, 6) is 0.189. The molecule has 1 amide bonds. The van der Waals surface area contributed by atoms with Gasteiger partial charge in [-0.2, -0.15) is 0 Å². The van der Waals surface area contributed by atoms with Gasteiger partial charge in [-0.3, -0.25) is 9.69 Å². The first-order valence-electron chi connectivity index (χ1n) is 13.5. The minimum atomic E-state index is -4.10. The molecule has 0 aliphatic carbocycles. The summed E-state index contributed by atoms with van der Waals surface area (Å²) in [6.07, 6.45) is 0.531. The summed E-state index contributed by atoms with van der Waals surface area (Å²) in [6.45, 7) is 0.988. The van der Waals surface area contributed by atoms with Gasteiger partial charge in [0.05, 0.1) is 22.6 Å². The number of hydrogen-bond donors (Lipinski definition) is 3. The number of fused-ring (bicyclic) bond motifs is 3. The van der Waals surface area contributed by atoms with Crippen molar-refractivity contribution in [3.63, 3.8) is 0 Å². The molecule has 2 aliphatic heterocycles. The molecule has 1 fully saturated rings. The Bertz CT molecular complexity index is 1570. The highest BCUT2D eigenvalue weighted by atomic mass is 32.2. The van der Waals surface area contributed by atoms with E-state index in [1.54, 1.807) is 54.4 Å². The number of aldehydes is 1. The Morgan fingerprint density at radius 1 is 1.12 bits per heavy atom. The molecule has 2 heterocycles. The molecule has 2 aliphatic rings. The average molecular weight is 627 g/mol. The number of likely N-dealkylation sites (N-methyl/N-ethyl adjacent to an activating group) is 2. The van der Waals surface area contributed by atoms with Crippen LogP contribution < -0.4 is 14.8 Å². The molecule has 3 aromatic carbocycles. The fraction of sp³-hybridized carbons (Fsp3) is 0.333. The maximum absolute atomic E-state index is 14.4. The van der Waals surface area contributed by atoms with Crippen LogP contribution in [0.1, 0.15) is 24.0 Å². The van der Waals surface area contributed by atoms with Gasteiger partial charge in [0.25, 0.3) is 15.9 Å². The van der Waals surface area contributed by atoms with Crippen LogP contribution in [-0.4, -0.2) is 74.1 Å². The Balaban J connectivity index is 1.72. The van der Waals surface area contributed by atoms with Crippen LogP contribution in [0, 0.1) is 0 Å². The van der Waals surface area contributed by atoms with Crippen molar-refractivity contribution in [1.29, 1.82) is 0 Å². The first-order chi connectivity index (χ1) is 20.0. The van der Waals surface area contributed by atoms with Gasteiger partial charge in [-0.15, -0.1) is 25.3 Å². The van der Waals surface area contributed by atoms with Crippen molar-refractivity contribution in [2.24, 2.45) is 5.73 Å². The number of hydrogen-bond acceptors (Lipinski definition) is 9. The first kappa shape index (κ1) is 30.4. The molecule has 5 rings (SSSR count). The van der Waals surface area contributed by atoms with Gasteiger partial charge < -0.3 is 20.2 Å². The van der Waals surface area contributed by atoms with Crippen LogP contribution >= 0.6 is 25.3 Å². The van der Waals surface area contributed by atoms with Crippen molar-refractivity contribution >= 4 is 53.2 Å². The Kier molecular flexibility index (Phi) is 8.38. The molecule has 0 saturated carbocycles. The van der Waals surface area contributed by atoms with Crippen molar-refractivity contribution in [1.82, 2.24) is 9.80 Å². The quantitative estimate of drug-likeness (QED) is 0.137. The molecule has 0 aromatic heterocycles. The van der Waals surface area contributed by atoms with Gasteiger partial charge in [-0.05, 0) is 61.5 Å². The second-order valence-corrected chi connectivity index (χ2v) is 13.6. The predicted molar refractivity (Wildman–Crippen MR) is 168 cm³/mol. The number of sulfonamides is 1. The van der Waals surface area contributed by atoms with Crippen molar-refractivity contribution < 1.29 is 22.7 Å². The summed E-state index contributed by atoms with van der Waals surface area (Å²) in [5.41, 5.74) is 6.67. The molecule has 3 aromatic rings. The van der Waals surface area contributed by atoms with E-state index in [2.05, 4.69) is 12.6 Å². The Morgan fingerprint density at radius 2 is 1.76 bits per heavy atom. The Hall–Kier alpha value is -3.03. The van der Waals surface area contributed by atoms with Crippen molar-refractivity contribution in [3.8, 4) is 5.75 Å². The number of rotatable bonds is 10. The molecule has 42 heavy (non-hydrogen) atoms. The van der Waals surface area contributed by atoms with Crippen molar-refractivity contribution in [2.45, 2.75) is 39.6 Å². The largest absolute Gasteiger partial charge is 0.494 e. The topological polar surface area (TPSA) is 113 Å². The number of carbonyl (C=O) groups excluding carboxylic acids is 2. The van der Waals surface area contributed by atoms with Crippen LogP contribution in [-0.2, 0) is 25.0 Å². The fourth-order valence-electron chi connectivity index (χ4n) is 6.12. The summed E-state index contributed by atoms with van der Waals surface area (Å²) >= 11 is 9.23. The smallest absolute Gasteiger partial charge is 0.265 e. The highest BCUT2D eigenvalue weighted by Gasteiger charge is 2.69. The lowest BCUT2D eigenvalue weighted by Gasteiger charge is -2.39. The van der Waals surface area contributed by atoms with Crippen LogP contribution in [0.3, 0.4) is 0 Å². The lowest BCUT2D eigenvalue weighted by atomic mass is 9.72. The summed E-state index contributed by atoms with van der Waals surface area (Å²) in [4.78, 5) is 27.1. The number of amides is 1. The van der Waals surface area contributed by atoms with Crippen molar-refractivity contribution in [3.05, 3.63) is 90.0 Å². The predicted octanol–water partition coefficient (Wildman–Crippen LogP) is 3.11. The van der Waals surface area contributed by atoms with E-state index < -0.39 is 37.8 Å². The number of para-hydroxylation sites is 1. The molecule has 2 unspecified atom stereocenters. The van der Waals surface area contributed by atoms with E-state index in [-0.39, 0.29) is 11.3 Å². The third-order valence-corrected chi connectivity index (χ3v) is 11.1. The lowest BCUT2D eigenvalue weighted by molar-refractivity contribution is -0.138. The molecule has 0 bridgehead atoms. The average Bonchev–Trinajstić information content (AvgIpc) is 3.44. The van der Waals surface area contributed by atoms with Gasteiger partial charge in [-0.1, -0.05) is 48.5 Å². The molecule has 0 spiro atoms. The van der Waals surface area contributed by atoms with Gasteiger partial charge >= 0.3 is 0 Å². The number of ether oxygens (including phenoxy) is 1. The van der Waals surface area contributed by atoms with Crippen LogP contribution in [0.15, 0.2) is 83.8 Å². The monoisotopic (exact) mass is 626 g/mol. The maximum atomic E-state index is 14.4. The molecule has 0 radical (unpaired) electrons. The normalized spacial score (nSPS) is 24.1. The van der Waals surface area contributed by atoms with E-state index in [0.29, 0.717) is 37.3 Å². The summed E-state index contributed by atoms with van der Waals surface area (Å²) in [7, 11) is -0.916. The molecule has 2 N–H and O–H groups in total. The van der Waals surface area contributed by atoms with Crippen molar-refractivity contribution in [2.75, 3.05) is 31.6 Å². The lowest BCUT2D eigenvalue weighted by Crippen LogP contribution is -2.58. The summed E-state index contributed by atoms with van der Waals surface area (Å²) in [5, 5.41) is -0.993. The second-order valence-electron chi connectivity index (χ2n) is 10.6. The standard InChI is InChI=1S/C30H34N4O5S3/c1-32(26(40)19-35)28(36)30(41)20-29(21-13-15-22(16-14-21)39-18-8-17-31)24-11-6-7-12-25(24)34(27(29)33(30)2)42(37,38)23-9-4-3-5-10-23/h3-7,9-16,19,26-27,40-41H,8,17-18,20,31H2,1-2H3/t26-,27?,29-,30?/m0/s1. The minimum Gasteiger partial charge on any atom is -0.494 e. The number of nitrogens with two attached hydrogens (primary N) is 1. The highest BCUT2D eigenvalue weighted by Crippen LogP contribution is 2.62. The zero-order valence-electron chi connectivity index (χ0n) is 23.3. The fourth-order valence-corrected chi connectivity index (χ4v) is 8.47. The molecule has 4 atom stereocenters. The van der Waals surface area contributed by atoms with E-state index in [0.717, 1.165) is 11.1 Å². The van der Waals surface area contributed by atoms with Crippen LogP contribution in [0.2, 0.25) is 0 Å². The molecule has 222 valence electrons. The van der Waals surface area contributed by atoms with Gasteiger partial charge in [0, 0.05) is 13.5 Å². The van der Waals surface area contributed by atoms with E-state index in [1.807, 2.05) is 36.4 Å². The van der Waals surface area contributed by atoms with Crippen LogP contribution in [0.5, 0.6) is 5.75 Å². The number of likely N-dealkylation sites (tertiary alicyclic amines) is 1. The molecular weight excluding hydrogens is 593 g/mol. The number of carbonyl (C=O) groups is 2. The van der Waals surface area contributed by atoms with Crippen LogP contribution in [0.25, 0.3) is 0 Å². The van der Waals surface area contributed by atoms with Crippen LogP contribution in [0.4, 0.5) is 5.69 Å². The van der Waals surface area contributed by atoms with Gasteiger partial charge in [0.1, 0.15) is 22.2 Å². The third-order valence-electron chi connectivity index (χ3n) is 8.23. The van der Waals surface area contributed by atoms with E-state index in [1.165, 1.54) is 16.3 Å². The molecule has 12 heteroatoms. The first-order valence-corrected chi connectivity index (χ1v) is 15.9.